The molecule has 14 heteroatoms. The van der Waals surface area contributed by atoms with Crippen molar-refractivity contribution in [1.82, 2.24) is 19.9 Å². The number of fused-ring (bicyclic) bond motifs is 2. The Bertz CT molecular complexity index is 1420. The number of methoxy groups -OCH3 is 2. The summed E-state index contributed by atoms with van der Waals surface area (Å²) in [5.41, 5.74) is 2.00. The second-order valence-corrected chi connectivity index (χ2v) is 7.31. The SMILES string of the molecule is COCCOc1ccc2nc(Nc3nc(O)c4cccc(OC)c4n3)nc(C)c2c1.O=C(O)C(F)(F)F. The Morgan fingerprint density at radius 2 is 1.70 bits per heavy atom. The van der Waals surface area contributed by atoms with E-state index in [-0.39, 0.29) is 11.8 Å². The van der Waals surface area contributed by atoms with Gasteiger partial charge >= 0.3 is 12.1 Å². The summed E-state index contributed by atoms with van der Waals surface area (Å²) in [4.78, 5) is 26.5. The number of aromatic hydroxyl groups is 1. The molecule has 11 nitrogen and oxygen atoms in total. The van der Waals surface area contributed by atoms with Crippen molar-refractivity contribution in [2.45, 2.75) is 13.1 Å². The number of anilines is 2. The molecule has 0 aliphatic rings. The van der Waals surface area contributed by atoms with Crippen molar-refractivity contribution in [3.05, 3.63) is 42.1 Å². The largest absolute Gasteiger partial charge is 0.494 e. The molecule has 4 rings (SSSR count). The smallest absolute Gasteiger partial charge is 0.490 e. The van der Waals surface area contributed by atoms with Gasteiger partial charge in [-0.2, -0.15) is 18.2 Å². The Morgan fingerprint density at radius 1 is 1.00 bits per heavy atom. The maximum Gasteiger partial charge on any atom is 0.490 e. The second-order valence-electron chi connectivity index (χ2n) is 7.31. The number of carboxylic acid groups (broad SMARTS) is 1. The first kappa shape index (κ1) is 27.1. The van der Waals surface area contributed by atoms with E-state index in [2.05, 4.69) is 25.3 Å². The van der Waals surface area contributed by atoms with Gasteiger partial charge in [0.05, 0.1) is 30.3 Å². The molecule has 0 aliphatic heterocycles. The van der Waals surface area contributed by atoms with Crippen molar-refractivity contribution >= 4 is 39.7 Å². The summed E-state index contributed by atoms with van der Waals surface area (Å²) >= 11 is 0. The number of hydrogen-bond acceptors (Lipinski definition) is 10. The topological polar surface area (TPSA) is 149 Å². The average Bonchev–Trinajstić information content (AvgIpc) is 2.84. The molecule has 0 bridgehead atoms. The van der Waals surface area contributed by atoms with Gasteiger partial charge in [0.15, 0.2) is 0 Å². The van der Waals surface area contributed by atoms with Crippen molar-refractivity contribution < 1.29 is 42.4 Å². The van der Waals surface area contributed by atoms with Crippen LogP contribution in [0, 0.1) is 6.92 Å². The van der Waals surface area contributed by atoms with E-state index in [1.165, 1.54) is 0 Å². The first-order valence-electron chi connectivity index (χ1n) is 10.5. The number of para-hydroxylation sites is 1. The number of aromatic nitrogens is 4. The van der Waals surface area contributed by atoms with Gasteiger partial charge in [-0.1, -0.05) is 6.07 Å². The molecule has 196 valence electrons. The van der Waals surface area contributed by atoms with Crippen LogP contribution >= 0.6 is 0 Å². The lowest BCUT2D eigenvalue weighted by atomic mass is 10.2. The minimum atomic E-state index is -5.08. The van der Waals surface area contributed by atoms with Gasteiger partial charge in [0, 0.05) is 12.5 Å². The van der Waals surface area contributed by atoms with Gasteiger partial charge in [0.25, 0.3) is 0 Å². The van der Waals surface area contributed by atoms with Crippen LogP contribution < -0.4 is 14.8 Å². The van der Waals surface area contributed by atoms with Gasteiger partial charge in [0.1, 0.15) is 23.6 Å². The second kappa shape index (κ2) is 11.5. The normalized spacial score (nSPS) is 11.1. The predicted molar refractivity (Wildman–Crippen MR) is 126 cm³/mol. The van der Waals surface area contributed by atoms with Crippen LogP contribution in [0.2, 0.25) is 0 Å². The van der Waals surface area contributed by atoms with E-state index >= 15 is 0 Å². The van der Waals surface area contributed by atoms with E-state index in [4.69, 9.17) is 24.1 Å². The van der Waals surface area contributed by atoms with E-state index in [1.807, 2.05) is 25.1 Å². The molecule has 0 saturated heterocycles. The molecule has 2 aromatic carbocycles. The molecular formula is C23H22F3N5O6. The molecule has 4 aromatic rings. The van der Waals surface area contributed by atoms with Crippen LogP contribution in [0.5, 0.6) is 17.4 Å². The quantitative estimate of drug-likeness (QED) is 0.303. The van der Waals surface area contributed by atoms with Crippen molar-refractivity contribution in [2.24, 2.45) is 0 Å². The molecule has 2 heterocycles. The number of carboxylic acids is 1. The van der Waals surface area contributed by atoms with Gasteiger partial charge in [-0.15, -0.1) is 0 Å². The van der Waals surface area contributed by atoms with Gasteiger partial charge in [-0.3, -0.25) is 5.32 Å². The molecular weight excluding hydrogens is 499 g/mol. The van der Waals surface area contributed by atoms with Gasteiger partial charge < -0.3 is 24.4 Å². The number of benzene rings is 2. The Balaban J connectivity index is 0.000000479. The molecule has 0 aliphatic carbocycles. The van der Waals surface area contributed by atoms with Crippen molar-refractivity contribution in [3.63, 3.8) is 0 Å². The van der Waals surface area contributed by atoms with Crippen molar-refractivity contribution in [1.29, 1.82) is 0 Å². The summed E-state index contributed by atoms with van der Waals surface area (Å²) in [6, 6.07) is 10.9. The van der Waals surface area contributed by atoms with Gasteiger partial charge in [-0.05, 0) is 37.3 Å². The number of nitrogens with zero attached hydrogens (tertiary/aromatic N) is 4. The maximum absolute atomic E-state index is 10.6. The number of halogens is 3. The highest BCUT2D eigenvalue weighted by Crippen LogP contribution is 2.30. The van der Waals surface area contributed by atoms with E-state index in [1.54, 1.807) is 32.4 Å². The summed E-state index contributed by atoms with van der Waals surface area (Å²) in [6.07, 6.45) is -5.08. The fourth-order valence-electron chi connectivity index (χ4n) is 3.08. The Labute approximate surface area is 207 Å². The van der Waals surface area contributed by atoms with Crippen LogP contribution in [0.25, 0.3) is 21.8 Å². The molecule has 0 unspecified atom stereocenters. The van der Waals surface area contributed by atoms with Crippen LogP contribution in [0.15, 0.2) is 36.4 Å². The molecule has 3 N–H and O–H groups in total. The Kier molecular flexibility index (Phi) is 8.45. The van der Waals surface area contributed by atoms with Crippen molar-refractivity contribution in [3.8, 4) is 17.4 Å². The molecule has 0 amide bonds. The highest BCUT2D eigenvalue weighted by atomic mass is 19.4. The number of aliphatic carboxylic acids is 1. The van der Waals surface area contributed by atoms with E-state index < -0.39 is 12.1 Å². The Morgan fingerprint density at radius 3 is 2.35 bits per heavy atom. The van der Waals surface area contributed by atoms with E-state index in [0.717, 1.165) is 22.3 Å². The van der Waals surface area contributed by atoms with Gasteiger partial charge in [-0.25, -0.2) is 19.7 Å². The molecule has 0 saturated carbocycles. The molecule has 0 spiro atoms. The summed E-state index contributed by atoms with van der Waals surface area (Å²) in [7, 11) is 3.18. The number of carbonyl (C=O) groups is 1. The minimum absolute atomic E-state index is 0.156. The van der Waals surface area contributed by atoms with Crippen LogP contribution in [0.4, 0.5) is 25.1 Å². The highest BCUT2D eigenvalue weighted by Gasteiger charge is 2.38. The van der Waals surface area contributed by atoms with Crippen LogP contribution in [0.1, 0.15) is 5.69 Å². The lowest BCUT2D eigenvalue weighted by Crippen LogP contribution is -2.21. The third kappa shape index (κ3) is 6.82. The third-order valence-corrected chi connectivity index (χ3v) is 4.77. The first-order chi connectivity index (χ1) is 17.5. The number of ether oxygens (including phenoxy) is 3. The number of aryl methyl sites for hydroxylation is 1. The zero-order valence-electron chi connectivity index (χ0n) is 19.8. The van der Waals surface area contributed by atoms with E-state index in [9.17, 15) is 18.3 Å². The number of alkyl halides is 3. The summed E-state index contributed by atoms with van der Waals surface area (Å²) in [5, 5.41) is 21.8. The third-order valence-electron chi connectivity index (χ3n) is 4.77. The average molecular weight is 521 g/mol. The summed E-state index contributed by atoms with van der Waals surface area (Å²) in [6.45, 7) is 2.86. The zero-order valence-corrected chi connectivity index (χ0v) is 19.8. The standard InChI is InChI=1S/C21H21N5O4.C2HF3O2/c1-12-15-11-13(30-10-9-28-2)7-8-16(15)23-20(22-12)26-21-24-18-14(19(27)25-21)5-4-6-17(18)29-3;3-2(4,5)1(6)7/h4-8,11H,9-10H2,1-3H3,(H2,22,23,24,25,26,27);(H,6,7). The molecule has 0 fully saturated rings. The van der Waals surface area contributed by atoms with Crippen molar-refractivity contribution in [2.75, 3.05) is 32.8 Å². The maximum atomic E-state index is 10.6. The van der Waals surface area contributed by atoms with Crippen LogP contribution in [-0.4, -0.2) is 69.7 Å². The number of hydrogen-bond donors (Lipinski definition) is 3. The minimum Gasteiger partial charge on any atom is -0.494 e. The highest BCUT2D eigenvalue weighted by molar-refractivity contribution is 5.89. The summed E-state index contributed by atoms with van der Waals surface area (Å²) in [5.74, 6) is -1.17. The monoisotopic (exact) mass is 521 g/mol. The fraction of sp³-hybridized carbons (Fsp3) is 0.261. The number of rotatable bonds is 7. The predicted octanol–water partition coefficient (Wildman–Crippen LogP) is 4.00. The number of nitrogens with one attached hydrogen (secondary N) is 1. The molecule has 0 atom stereocenters. The van der Waals surface area contributed by atoms with E-state index in [0.29, 0.717) is 35.8 Å². The molecule has 0 radical (unpaired) electrons. The lowest BCUT2D eigenvalue weighted by Gasteiger charge is -2.11. The molecule has 37 heavy (non-hydrogen) atoms. The fourth-order valence-corrected chi connectivity index (χ4v) is 3.08. The zero-order chi connectivity index (χ0) is 27.2. The Hall–Kier alpha value is -4.46. The lowest BCUT2D eigenvalue weighted by molar-refractivity contribution is -0.192. The van der Waals surface area contributed by atoms with Gasteiger partial charge in [0.2, 0.25) is 17.8 Å². The van der Waals surface area contributed by atoms with Crippen LogP contribution in [0.3, 0.4) is 0 Å². The molecule has 2 aromatic heterocycles. The first-order valence-corrected chi connectivity index (χ1v) is 10.5. The van der Waals surface area contributed by atoms with Crippen LogP contribution in [-0.2, 0) is 9.53 Å². The summed E-state index contributed by atoms with van der Waals surface area (Å²) < 4.78 is 47.7.